The number of nitro groups is 1. The number of nitrogens with one attached hydrogen (secondary N) is 1. The molecule has 1 N–H and O–H groups in total. The molecule has 0 atom stereocenters. The Kier molecular flexibility index (Phi) is 5.71. The van der Waals surface area contributed by atoms with Crippen LogP contribution in [0.1, 0.15) is 12.5 Å². The summed E-state index contributed by atoms with van der Waals surface area (Å²) in [5, 5.41) is 18.5. The molecular formula is C19H17F3N4O3. The van der Waals surface area contributed by atoms with Gasteiger partial charge in [0.25, 0.3) is 5.69 Å². The molecule has 0 aliphatic heterocycles. The molecule has 0 spiro atoms. The molecule has 1 aromatic heterocycles. The first-order valence-corrected chi connectivity index (χ1v) is 8.66. The fourth-order valence-electron chi connectivity index (χ4n) is 2.70. The van der Waals surface area contributed by atoms with Gasteiger partial charge in [-0.2, -0.15) is 5.10 Å². The summed E-state index contributed by atoms with van der Waals surface area (Å²) in [5.74, 6) is 0.441. The van der Waals surface area contributed by atoms with Crippen LogP contribution in [0.15, 0.2) is 54.6 Å². The van der Waals surface area contributed by atoms with Gasteiger partial charge in [0, 0.05) is 36.9 Å². The van der Waals surface area contributed by atoms with E-state index in [1.807, 2.05) is 13.0 Å². The number of nitro benzene ring substituents is 1. The summed E-state index contributed by atoms with van der Waals surface area (Å²) in [6.45, 7) is 2.88. The number of hydrogen-bond acceptors (Lipinski definition) is 5. The van der Waals surface area contributed by atoms with E-state index in [0.717, 1.165) is 16.9 Å². The third kappa shape index (κ3) is 5.24. The van der Waals surface area contributed by atoms with Crippen molar-refractivity contribution in [3.05, 3.63) is 70.3 Å². The van der Waals surface area contributed by atoms with E-state index in [1.54, 1.807) is 16.8 Å². The van der Waals surface area contributed by atoms with E-state index in [-0.39, 0.29) is 11.4 Å². The van der Waals surface area contributed by atoms with Gasteiger partial charge in [-0.1, -0.05) is 12.1 Å². The van der Waals surface area contributed by atoms with E-state index in [9.17, 15) is 23.3 Å². The van der Waals surface area contributed by atoms with Crippen molar-refractivity contribution in [2.24, 2.45) is 0 Å². The fourth-order valence-corrected chi connectivity index (χ4v) is 2.70. The van der Waals surface area contributed by atoms with E-state index in [2.05, 4.69) is 15.2 Å². The van der Waals surface area contributed by atoms with Crippen molar-refractivity contribution in [3.8, 4) is 17.0 Å². The molecule has 3 aromatic rings. The molecule has 7 nitrogen and oxygen atoms in total. The Morgan fingerprint density at radius 3 is 2.34 bits per heavy atom. The number of non-ortho nitro benzene ring substituents is 1. The summed E-state index contributed by atoms with van der Waals surface area (Å²) in [5.41, 5.74) is 2.15. The molecule has 0 aliphatic carbocycles. The van der Waals surface area contributed by atoms with Gasteiger partial charge < -0.3 is 10.1 Å². The van der Waals surface area contributed by atoms with Crippen molar-refractivity contribution >= 4 is 11.5 Å². The molecule has 0 unspecified atom stereocenters. The Labute approximate surface area is 163 Å². The van der Waals surface area contributed by atoms with Crippen LogP contribution in [0, 0.1) is 10.1 Å². The Balaban J connectivity index is 1.70. The molecular weight excluding hydrogens is 389 g/mol. The second kappa shape index (κ2) is 8.21. The number of rotatable bonds is 7. The monoisotopic (exact) mass is 406 g/mol. The molecule has 0 aliphatic rings. The van der Waals surface area contributed by atoms with Crippen molar-refractivity contribution in [1.82, 2.24) is 9.78 Å². The lowest BCUT2D eigenvalue weighted by atomic mass is 10.1. The summed E-state index contributed by atoms with van der Waals surface area (Å²) in [7, 11) is 0. The Morgan fingerprint density at radius 1 is 1.14 bits per heavy atom. The van der Waals surface area contributed by atoms with E-state index in [1.165, 1.54) is 36.4 Å². The van der Waals surface area contributed by atoms with Crippen molar-refractivity contribution < 1.29 is 22.8 Å². The smallest absolute Gasteiger partial charge is 0.406 e. The SMILES string of the molecule is CCn1nc(-c2ccc([N+](=O)[O-])cc2)cc1NCc1ccc(OC(F)(F)F)cc1. The highest BCUT2D eigenvalue weighted by Crippen LogP contribution is 2.25. The minimum absolute atomic E-state index is 0.0000258. The van der Waals surface area contributed by atoms with Crippen LogP contribution in [0.3, 0.4) is 0 Å². The third-order valence-corrected chi connectivity index (χ3v) is 4.08. The lowest BCUT2D eigenvalue weighted by molar-refractivity contribution is -0.384. The largest absolute Gasteiger partial charge is 0.573 e. The van der Waals surface area contributed by atoms with Crippen LogP contribution in [0.2, 0.25) is 0 Å². The van der Waals surface area contributed by atoms with Gasteiger partial charge in [0.2, 0.25) is 0 Å². The molecule has 0 amide bonds. The predicted octanol–water partition coefficient (Wildman–Crippen LogP) is 4.99. The van der Waals surface area contributed by atoms with Gasteiger partial charge >= 0.3 is 6.36 Å². The van der Waals surface area contributed by atoms with Crippen LogP contribution in [-0.4, -0.2) is 21.1 Å². The maximum atomic E-state index is 12.2. The average Bonchev–Trinajstić information content (AvgIpc) is 3.09. The topological polar surface area (TPSA) is 82.2 Å². The summed E-state index contributed by atoms with van der Waals surface area (Å²) >= 11 is 0. The summed E-state index contributed by atoms with van der Waals surface area (Å²) in [6, 6.07) is 13.5. The fraction of sp³-hybridized carbons (Fsp3) is 0.211. The number of aryl methyl sites for hydroxylation is 1. The first kappa shape index (κ1) is 20.2. The number of hydrogen-bond donors (Lipinski definition) is 1. The van der Waals surface area contributed by atoms with Gasteiger partial charge in [0.1, 0.15) is 11.6 Å². The zero-order chi connectivity index (χ0) is 21.0. The highest BCUT2D eigenvalue weighted by atomic mass is 19.4. The molecule has 29 heavy (non-hydrogen) atoms. The second-order valence-corrected chi connectivity index (χ2v) is 6.08. The quantitative estimate of drug-likeness (QED) is 0.442. The highest BCUT2D eigenvalue weighted by Gasteiger charge is 2.30. The first-order chi connectivity index (χ1) is 13.7. The van der Waals surface area contributed by atoms with Crippen LogP contribution >= 0.6 is 0 Å². The number of nitrogens with zero attached hydrogens (tertiary/aromatic N) is 3. The molecule has 3 rings (SSSR count). The number of alkyl halides is 3. The number of halogens is 3. The van der Waals surface area contributed by atoms with Crippen LogP contribution < -0.4 is 10.1 Å². The second-order valence-electron chi connectivity index (χ2n) is 6.08. The molecule has 0 fully saturated rings. The molecule has 152 valence electrons. The van der Waals surface area contributed by atoms with Crippen LogP contribution in [0.25, 0.3) is 11.3 Å². The number of anilines is 1. The number of benzene rings is 2. The summed E-state index contributed by atoms with van der Waals surface area (Å²) in [6.07, 6.45) is -4.72. The van der Waals surface area contributed by atoms with Crippen molar-refractivity contribution in [2.75, 3.05) is 5.32 Å². The predicted molar refractivity (Wildman–Crippen MR) is 100 cm³/mol. The van der Waals surface area contributed by atoms with E-state index >= 15 is 0 Å². The maximum Gasteiger partial charge on any atom is 0.573 e. The van der Waals surface area contributed by atoms with Crippen molar-refractivity contribution in [2.45, 2.75) is 26.4 Å². The van der Waals surface area contributed by atoms with E-state index < -0.39 is 11.3 Å². The molecule has 0 bridgehead atoms. The number of aromatic nitrogens is 2. The minimum Gasteiger partial charge on any atom is -0.406 e. The Hall–Kier alpha value is -3.56. The van der Waals surface area contributed by atoms with Gasteiger partial charge in [-0.3, -0.25) is 10.1 Å². The van der Waals surface area contributed by atoms with Crippen LogP contribution in [0.5, 0.6) is 5.75 Å². The van der Waals surface area contributed by atoms with Crippen molar-refractivity contribution in [3.63, 3.8) is 0 Å². The normalized spacial score (nSPS) is 11.3. The number of ether oxygens (including phenoxy) is 1. The molecule has 2 aromatic carbocycles. The molecule has 10 heteroatoms. The van der Waals surface area contributed by atoms with Gasteiger partial charge in [0.05, 0.1) is 10.6 Å². The Bertz CT molecular complexity index is 983. The van der Waals surface area contributed by atoms with Gasteiger partial charge in [-0.05, 0) is 36.8 Å². The van der Waals surface area contributed by atoms with E-state index in [4.69, 9.17) is 0 Å². The maximum absolute atomic E-state index is 12.2. The van der Waals surface area contributed by atoms with Crippen LogP contribution in [0.4, 0.5) is 24.7 Å². The Morgan fingerprint density at radius 2 is 1.79 bits per heavy atom. The van der Waals surface area contributed by atoms with E-state index in [0.29, 0.717) is 18.8 Å². The van der Waals surface area contributed by atoms with Gasteiger partial charge in [-0.15, -0.1) is 13.2 Å². The zero-order valence-electron chi connectivity index (χ0n) is 15.3. The molecule has 1 heterocycles. The minimum atomic E-state index is -4.72. The zero-order valence-corrected chi connectivity index (χ0v) is 15.3. The van der Waals surface area contributed by atoms with Gasteiger partial charge in [-0.25, -0.2) is 4.68 Å². The van der Waals surface area contributed by atoms with Crippen molar-refractivity contribution in [1.29, 1.82) is 0 Å². The first-order valence-electron chi connectivity index (χ1n) is 8.66. The lowest BCUT2D eigenvalue weighted by Crippen LogP contribution is -2.17. The summed E-state index contributed by atoms with van der Waals surface area (Å²) < 4.78 is 42.3. The lowest BCUT2D eigenvalue weighted by Gasteiger charge is -2.10. The summed E-state index contributed by atoms with van der Waals surface area (Å²) in [4.78, 5) is 10.3. The third-order valence-electron chi connectivity index (χ3n) is 4.08. The van der Waals surface area contributed by atoms with Gasteiger partial charge in [0.15, 0.2) is 0 Å². The molecule has 0 radical (unpaired) electrons. The highest BCUT2D eigenvalue weighted by molar-refractivity contribution is 5.64. The van der Waals surface area contributed by atoms with Crippen LogP contribution in [-0.2, 0) is 13.1 Å². The molecule has 0 saturated carbocycles. The standard InChI is InChI=1S/C19H17F3N4O3/c1-2-25-18(11-17(24-25)14-5-7-15(8-6-14)26(27)28)23-12-13-3-9-16(10-4-13)29-19(20,21)22/h3-11,23H,2,12H2,1H3. The molecule has 0 saturated heterocycles. The average molecular weight is 406 g/mol.